The van der Waals surface area contributed by atoms with E-state index in [-0.39, 0.29) is 24.8 Å². The zero-order valence-electron chi connectivity index (χ0n) is 15.3. The third-order valence-electron chi connectivity index (χ3n) is 4.35. The quantitative estimate of drug-likeness (QED) is 0.591. The molecule has 3 aromatic rings. The lowest BCUT2D eigenvalue weighted by molar-refractivity contribution is -0.121. The monoisotopic (exact) mass is 375 g/mol. The molecule has 0 aromatic heterocycles. The number of primary amides is 1. The second-order valence-electron chi connectivity index (χ2n) is 6.41. The van der Waals surface area contributed by atoms with E-state index in [4.69, 9.17) is 5.73 Å². The Morgan fingerprint density at radius 2 is 1.57 bits per heavy atom. The van der Waals surface area contributed by atoms with Gasteiger partial charge in [0.05, 0.1) is 0 Å². The molecular formula is C22H21N3O3. The maximum atomic E-state index is 12.3. The summed E-state index contributed by atoms with van der Waals surface area (Å²) in [6.07, 6.45) is 0.162. The van der Waals surface area contributed by atoms with Crippen molar-refractivity contribution in [2.24, 2.45) is 5.73 Å². The highest BCUT2D eigenvalue weighted by Crippen LogP contribution is 2.15. The summed E-state index contributed by atoms with van der Waals surface area (Å²) in [6, 6.07) is 20.1. The molecule has 0 saturated heterocycles. The standard InChI is InChI=1S/C22H21N3O3/c23-21(27)18-7-3-4-15(12-18)14-25-20(26)10-11-24-22(28)19-9-8-16-5-1-2-6-17(16)13-19/h1-9,12-13H,10-11,14H2,(H2,23,27)(H,24,28)(H,25,26). The number of hydrogen-bond acceptors (Lipinski definition) is 3. The lowest BCUT2D eigenvalue weighted by Crippen LogP contribution is -2.30. The van der Waals surface area contributed by atoms with Crippen LogP contribution in [0.15, 0.2) is 66.7 Å². The SMILES string of the molecule is NC(=O)c1cccc(CNC(=O)CCNC(=O)c2ccc3ccccc3c2)c1. The summed E-state index contributed by atoms with van der Waals surface area (Å²) >= 11 is 0. The van der Waals surface area contributed by atoms with Crippen molar-refractivity contribution in [2.45, 2.75) is 13.0 Å². The van der Waals surface area contributed by atoms with E-state index in [1.165, 1.54) is 0 Å². The van der Waals surface area contributed by atoms with Crippen molar-refractivity contribution in [3.8, 4) is 0 Å². The highest BCUT2D eigenvalue weighted by atomic mass is 16.2. The average Bonchev–Trinajstić information content (AvgIpc) is 2.72. The van der Waals surface area contributed by atoms with Crippen molar-refractivity contribution >= 4 is 28.5 Å². The zero-order chi connectivity index (χ0) is 19.9. The van der Waals surface area contributed by atoms with Crippen LogP contribution in [0.2, 0.25) is 0 Å². The summed E-state index contributed by atoms with van der Waals surface area (Å²) < 4.78 is 0. The van der Waals surface area contributed by atoms with E-state index in [0.717, 1.165) is 16.3 Å². The predicted molar refractivity (Wildman–Crippen MR) is 108 cm³/mol. The summed E-state index contributed by atoms with van der Waals surface area (Å²) in [4.78, 5) is 35.4. The Kier molecular flexibility index (Phi) is 6.01. The van der Waals surface area contributed by atoms with Gasteiger partial charge in [-0.3, -0.25) is 14.4 Å². The third-order valence-corrected chi connectivity index (χ3v) is 4.35. The molecule has 6 nitrogen and oxygen atoms in total. The van der Waals surface area contributed by atoms with Gasteiger partial charge in [-0.05, 0) is 40.6 Å². The second-order valence-corrected chi connectivity index (χ2v) is 6.41. The van der Waals surface area contributed by atoms with Crippen molar-refractivity contribution in [1.29, 1.82) is 0 Å². The van der Waals surface area contributed by atoms with E-state index in [9.17, 15) is 14.4 Å². The Hall–Kier alpha value is -3.67. The van der Waals surface area contributed by atoms with Gasteiger partial charge in [-0.25, -0.2) is 0 Å². The number of carbonyl (C=O) groups excluding carboxylic acids is 3. The molecule has 0 fully saturated rings. The average molecular weight is 375 g/mol. The molecular weight excluding hydrogens is 354 g/mol. The number of hydrogen-bond donors (Lipinski definition) is 3. The molecule has 142 valence electrons. The van der Waals surface area contributed by atoms with E-state index >= 15 is 0 Å². The van der Waals surface area contributed by atoms with Crippen molar-refractivity contribution in [1.82, 2.24) is 10.6 Å². The number of nitrogens with two attached hydrogens (primary N) is 1. The first kappa shape index (κ1) is 19.1. The maximum absolute atomic E-state index is 12.3. The number of benzene rings is 3. The number of fused-ring (bicyclic) bond motifs is 1. The number of carbonyl (C=O) groups is 3. The fraction of sp³-hybridized carbons (Fsp3) is 0.136. The summed E-state index contributed by atoms with van der Waals surface area (Å²) in [5, 5.41) is 7.58. The Labute approximate surface area is 162 Å². The highest BCUT2D eigenvalue weighted by Gasteiger charge is 2.08. The van der Waals surface area contributed by atoms with Crippen molar-refractivity contribution < 1.29 is 14.4 Å². The van der Waals surface area contributed by atoms with Crippen LogP contribution in [0.3, 0.4) is 0 Å². The molecule has 0 saturated carbocycles. The van der Waals surface area contributed by atoms with Gasteiger partial charge in [0.25, 0.3) is 5.91 Å². The molecule has 4 N–H and O–H groups in total. The summed E-state index contributed by atoms with van der Waals surface area (Å²) in [5.74, 6) is -0.916. The maximum Gasteiger partial charge on any atom is 0.251 e. The molecule has 0 heterocycles. The molecule has 0 spiro atoms. The van der Waals surface area contributed by atoms with Gasteiger partial charge < -0.3 is 16.4 Å². The molecule has 28 heavy (non-hydrogen) atoms. The van der Waals surface area contributed by atoms with Gasteiger partial charge in [-0.1, -0.05) is 42.5 Å². The minimum Gasteiger partial charge on any atom is -0.366 e. The molecule has 0 atom stereocenters. The molecule has 0 aliphatic rings. The van der Waals surface area contributed by atoms with Crippen LogP contribution in [-0.2, 0) is 11.3 Å². The fourth-order valence-electron chi connectivity index (χ4n) is 2.85. The Morgan fingerprint density at radius 1 is 0.786 bits per heavy atom. The van der Waals surface area contributed by atoms with Crippen LogP contribution in [0.1, 0.15) is 32.7 Å². The number of amides is 3. The van der Waals surface area contributed by atoms with Crippen LogP contribution < -0.4 is 16.4 Å². The smallest absolute Gasteiger partial charge is 0.251 e. The molecule has 6 heteroatoms. The minimum atomic E-state index is -0.510. The third kappa shape index (κ3) is 4.94. The van der Waals surface area contributed by atoms with Gasteiger partial charge in [0, 0.05) is 30.6 Å². The Balaban J connectivity index is 1.46. The molecule has 0 unspecified atom stereocenters. The Morgan fingerprint density at radius 3 is 2.36 bits per heavy atom. The van der Waals surface area contributed by atoms with Crippen molar-refractivity contribution in [3.63, 3.8) is 0 Å². The van der Waals surface area contributed by atoms with E-state index in [0.29, 0.717) is 17.7 Å². The van der Waals surface area contributed by atoms with E-state index in [1.54, 1.807) is 30.3 Å². The summed E-state index contributed by atoms with van der Waals surface area (Å²) in [5.41, 5.74) is 6.98. The van der Waals surface area contributed by atoms with E-state index in [2.05, 4.69) is 10.6 Å². The topological polar surface area (TPSA) is 101 Å². The molecule has 3 rings (SSSR count). The predicted octanol–water partition coefficient (Wildman–Crippen LogP) is 2.38. The molecule has 3 aromatic carbocycles. The molecule has 0 aliphatic heterocycles. The first-order valence-corrected chi connectivity index (χ1v) is 8.95. The molecule has 0 radical (unpaired) electrons. The van der Waals surface area contributed by atoms with Gasteiger partial charge in [-0.15, -0.1) is 0 Å². The molecule has 3 amide bonds. The van der Waals surface area contributed by atoms with Gasteiger partial charge in [0.15, 0.2) is 0 Å². The van der Waals surface area contributed by atoms with E-state index in [1.807, 2.05) is 36.4 Å². The van der Waals surface area contributed by atoms with Crippen LogP contribution >= 0.6 is 0 Å². The normalized spacial score (nSPS) is 10.4. The van der Waals surface area contributed by atoms with Gasteiger partial charge in [-0.2, -0.15) is 0 Å². The first-order chi connectivity index (χ1) is 13.5. The van der Waals surface area contributed by atoms with Crippen LogP contribution in [0.5, 0.6) is 0 Å². The second kappa shape index (κ2) is 8.81. The highest BCUT2D eigenvalue weighted by molar-refractivity contribution is 5.98. The zero-order valence-corrected chi connectivity index (χ0v) is 15.3. The summed E-state index contributed by atoms with van der Waals surface area (Å²) in [7, 11) is 0. The lowest BCUT2D eigenvalue weighted by Gasteiger charge is -2.08. The first-order valence-electron chi connectivity index (χ1n) is 8.95. The number of nitrogens with one attached hydrogen (secondary N) is 2. The lowest BCUT2D eigenvalue weighted by atomic mass is 10.1. The van der Waals surface area contributed by atoms with Gasteiger partial charge in [0.1, 0.15) is 0 Å². The number of rotatable bonds is 7. The van der Waals surface area contributed by atoms with Crippen LogP contribution in [0.4, 0.5) is 0 Å². The van der Waals surface area contributed by atoms with Crippen molar-refractivity contribution in [3.05, 3.63) is 83.4 Å². The van der Waals surface area contributed by atoms with Crippen molar-refractivity contribution in [2.75, 3.05) is 6.54 Å². The minimum absolute atomic E-state index is 0.162. The van der Waals surface area contributed by atoms with E-state index < -0.39 is 5.91 Å². The largest absolute Gasteiger partial charge is 0.366 e. The van der Waals surface area contributed by atoms with Crippen LogP contribution in [0, 0.1) is 0 Å². The van der Waals surface area contributed by atoms with Crippen LogP contribution in [-0.4, -0.2) is 24.3 Å². The van der Waals surface area contributed by atoms with Crippen LogP contribution in [0.25, 0.3) is 10.8 Å². The summed E-state index contributed by atoms with van der Waals surface area (Å²) in [6.45, 7) is 0.525. The molecule has 0 aliphatic carbocycles. The van der Waals surface area contributed by atoms with Gasteiger partial charge in [0.2, 0.25) is 11.8 Å². The molecule has 0 bridgehead atoms. The van der Waals surface area contributed by atoms with Gasteiger partial charge >= 0.3 is 0 Å². The fourth-order valence-corrected chi connectivity index (χ4v) is 2.85. The Bertz CT molecular complexity index is 1030.